The van der Waals surface area contributed by atoms with Crippen molar-refractivity contribution in [2.45, 2.75) is 18.9 Å². The third-order valence-electron chi connectivity index (χ3n) is 4.17. The minimum Gasteiger partial charge on any atom is -0.382 e. The van der Waals surface area contributed by atoms with Crippen molar-refractivity contribution < 1.29 is 0 Å². The molecule has 7 heteroatoms. The van der Waals surface area contributed by atoms with Gasteiger partial charge in [-0.3, -0.25) is 0 Å². The van der Waals surface area contributed by atoms with Crippen molar-refractivity contribution in [1.82, 2.24) is 19.9 Å². The Morgan fingerprint density at radius 2 is 1.91 bits per heavy atom. The molecule has 1 saturated heterocycles. The minimum atomic E-state index is 0.251. The number of fused-ring (bicyclic) bond motifs is 1. The molecule has 0 atom stereocenters. The number of benzene rings is 1. The van der Waals surface area contributed by atoms with E-state index in [0.29, 0.717) is 11.7 Å². The van der Waals surface area contributed by atoms with Gasteiger partial charge in [0.1, 0.15) is 0 Å². The number of aromatic nitrogens is 4. The van der Waals surface area contributed by atoms with Gasteiger partial charge in [-0.05, 0) is 36.6 Å². The maximum atomic E-state index is 6.03. The van der Waals surface area contributed by atoms with Gasteiger partial charge >= 0.3 is 0 Å². The van der Waals surface area contributed by atoms with Gasteiger partial charge in [0.05, 0.1) is 6.33 Å². The number of halogens is 1. The summed E-state index contributed by atoms with van der Waals surface area (Å²) < 4.78 is 0. The van der Waals surface area contributed by atoms with Crippen LogP contribution in [0.1, 0.15) is 12.8 Å². The molecule has 0 aliphatic carbocycles. The summed E-state index contributed by atoms with van der Waals surface area (Å²) in [5.41, 5.74) is 2.64. The number of piperidine rings is 1. The van der Waals surface area contributed by atoms with Crippen molar-refractivity contribution in [3.05, 3.63) is 41.9 Å². The monoisotopic (exact) mass is 328 g/mol. The highest BCUT2D eigenvalue weighted by atomic mass is 35.5. The average molecular weight is 329 g/mol. The van der Waals surface area contributed by atoms with Gasteiger partial charge in [0.15, 0.2) is 17.0 Å². The summed E-state index contributed by atoms with van der Waals surface area (Å²) in [6.45, 7) is 1.83. The summed E-state index contributed by atoms with van der Waals surface area (Å²) in [5.74, 6) is 0.819. The Morgan fingerprint density at radius 1 is 1.13 bits per heavy atom. The lowest BCUT2D eigenvalue weighted by molar-refractivity contribution is 0.524. The van der Waals surface area contributed by atoms with E-state index in [1.807, 2.05) is 6.07 Å². The number of anilines is 2. The summed E-state index contributed by atoms with van der Waals surface area (Å²) >= 11 is 6.03. The Balaban J connectivity index is 1.47. The fourth-order valence-electron chi connectivity index (χ4n) is 3.02. The molecule has 1 aliphatic rings. The number of nitrogens with one attached hydrogen (secondary N) is 2. The van der Waals surface area contributed by atoms with Gasteiger partial charge in [-0.25, -0.2) is 4.98 Å². The van der Waals surface area contributed by atoms with Crippen LogP contribution in [0.25, 0.3) is 11.2 Å². The first-order valence-corrected chi connectivity index (χ1v) is 8.10. The highest BCUT2D eigenvalue weighted by molar-refractivity contribution is 6.28. The lowest BCUT2D eigenvalue weighted by atomic mass is 10.0. The van der Waals surface area contributed by atoms with Gasteiger partial charge in [-0.15, -0.1) is 0 Å². The molecular formula is C16H17ClN6. The van der Waals surface area contributed by atoms with Crippen LogP contribution in [0, 0.1) is 0 Å². The zero-order chi connectivity index (χ0) is 15.6. The van der Waals surface area contributed by atoms with Crippen LogP contribution < -0.4 is 10.2 Å². The molecule has 118 valence electrons. The van der Waals surface area contributed by atoms with E-state index < -0.39 is 0 Å². The van der Waals surface area contributed by atoms with E-state index in [4.69, 9.17) is 11.6 Å². The normalized spacial score (nSPS) is 16.0. The number of hydrogen-bond acceptors (Lipinski definition) is 5. The van der Waals surface area contributed by atoms with E-state index in [1.54, 1.807) is 6.33 Å². The lowest BCUT2D eigenvalue weighted by Gasteiger charge is -2.33. The summed E-state index contributed by atoms with van der Waals surface area (Å²) in [6.07, 6.45) is 3.72. The molecule has 3 aromatic rings. The number of aromatic amines is 1. The van der Waals surface area contributed by atoms with Crippen LogP contribution in [-0.2, 0) is 0 Å². The summed E-state index contributed by atoms with van der Waals surface area (Å²) in [7, 11) is 0. The second kappa shape index (κ2) is 6.04. The van der Waals surface area contributed by atoms with E-state index in [0.717, 1.165) is 37.3 Å². The average Bonchev–Trinajstić information content (AvgIpc) is 3.04. The highest BCUT2D eigenvalue weighted by Gasteiger charge is 2.23. The molecule has 0 radical (unpaired) electrons. The van der Waals surface area contributed by atoms with Gasteiger partial charge in [-0.2, -0.15) is 9.97 Å². The van der Waals surface area contributed by atoms with Gasteiger partial charge in [-0.1, -0.05) is 18.2 Å². The molecule has 2 aromatic heterocycles. The van der Waals surface area contributed by atoms with Crippen molar-refractivity contribution in [3.8, 4) is 0 Å². The Bertz CT molecular complexity index is 795. The van der Waals surface area contributed by atoms with Crippen LogP contribution in [0.4, 0.5) is 11.5 Å². The zero-order valence-corrected chi connectivity index (χ0v) is 13.3. The van der Waals surface area contributed by atoms with Crippen molar-refractivity contribution >= 4 is 34.3 Å². The second-order valence-corrected chi connectivity index (χ2v) is 6.03. The molecule has 1 aromatic carbocycles. The maximum absolute atomic E-state index is 6.03. The van der Waals surface area contributed by atoms with Crippen LogP contribution >= 0.6 is 11.6 Å². The predicted molar refractivity (Wildman–Crippen MR) is 92.0 cm³/mol. The van der Waals surface area contributed by atoms with Crippen molar-refractivity contribution in [3.63, 3.8) is 0 Å². The van der Waals surface area contributed by atoms with E-state index >= 15 is 0 Å². The van der Waals surface area contributed by atoms with Crippen molar-refractivity contribution in [1.29, 1.82) is 0 Å². The molecule has 1 fully saturated rings. The van der Waals surface area contributed by atoms with Gasteiger partial charge < -0.3 is 15.2 Å². The Labute approximate surface area is 138 Å². The third kappa shape index (κ3) is 2.94. The van der Waals surface area contributed by atoms with Crippen LogP contribution in [0.5, 0.6) is 0 Å². The number of imidazole rings is 1. The Hall–Kier alpha value is -2.34. The SMILES string of the molecule is Clc1nc(N2CCC(Nc3ccccc3)CC2)c2nc[nH]c2n1. The van der Waals surface area contributed by atoms with E-state index in [-0.39, 0.29) is 5.28 Å². The van der Waals surface area contributed by atoms with Gasteiger partial charge in [0.25, 0.3) is 0 Å². The number of H-pyrrole nitrogens is 1. The van der Waals surface area contributed by atoms with Crippen LogP contribution in [0.3, 0.4) is 0 Å². The highest BCUT2D eigenvalue weighted by Crippen LogP contribution is 2.26. The predicted octanol–water partition coefficient (Wildman–Crippen LogP) is 3.09. The first kappa shape index (κ1) is 14.3. The molecule has 0 unspecified atom stereocenters. The summed E-state index contributed by atoms with van der Waals surface area (Å²) in [4.78, 5) is 18.1. The number of para-hydroxylation sites is 1. The molecule has 23 heavy (non-hydrogen) atoms. The maximum Gasteiger partial charge on any atom is 0.226 e. The first-order chi connectivity index (χ1) is 11.3. The minimum absolute atomic E-state index is 0.251. The molecule has 0 amide bonds. The Morgan fingerprint density at radius 3 is 2.70 bits per heavy atom. The molecule has 1 aliphatic heterocycles. The molecule has 0 bridgehead atoms. The second-order valence-electron chi connectivity index (χ2n) is 5.69. The topological polar surface area (TPSA) is 69.7 Å². The van der Waals surface area contributed by atoms with E-state index in [2.05, 4.69) is 54.4 Å². The molecule has 3 heterocycles. The van der Waals surface area contributed by atoms with Gasteiger partial charge in [0, 0.05) is 24.8 Å². The number of rotatable bonds is 3. The smallest absolute Gasteiger partial charge is 0.226 e. The largest absolute Gasteiger partial charge is 0.382 e. The third-order valence-corrected chi connectivity index (χ3v) is 4.34. The van der Waals surface area contributed by atoms with E-state index in [9.17, 15) is 0 Å². The fraction of sp³-hybridized carbons (Fsp3) is 0.312. The lowest BCUT2D eigenvalue weighted by Crippen LogP contribution is -2.39. The van der Waals surface area contributed by atoms with Gasteiger partial charge in [0.2, 0.25) is 5.28 Å². The quantitative estimate of drug-likeness (QED) is 0.723. The van der Waals surface area contributed by atoms with Crippen LogP contribution in [0.2, 0.25) is 5.28 Å². The molecule has 0 saturated carbocycles. The Kier molecular flexibility index (Phi) is 3.75. The summed E-state index contributed by atoms with van der Waals surface area (Å²) in [5, 5.41) is 3.84. The number of hydrogen-bond donors (Lipinski definition) is 2. The molecule has 2 N–H and O–H groups in total. The van der Waals surface area contributed by atoms with Crippen LogP contribution in [0.15, 0.2) is 36.7 Å². The first-order valence-electron chi connectivity index (χ1n) is 7.73. The van der Waals surface area contributed by atoms with Crippen LogP contribution in [-0.4, -0.2) is 39.1 Å². The van der Waals surface area contributed by atoms with Crippen molar-refractivity contribution in [2.75, 3.05) is 23.3 Å². The molecule has 0 spiro atoms. The molecule has 6 nitrogen and oxygen atoms in total. The fourth-order valence-corrected chi connectivity index (χ4v) is 3.18. The number of nitrogens with zero attached hydrogens (tertiary/aromatic N) is 4. The summed E-state index contributed by atoms with van der Waals surface area (Å²) in [6, 6.07) is 10.8. The molecular weight excluding hydrogens is 312 g/mol. The molecule has 4 rings (SSSR count). The zero-order valence-electron chi connectivity index (χ0n) is 12.5. The standard InChI is InChI=1S/C16H17ClN6/c17-16-21-14-13(18-10-19-14)15(22-16)23-8-6-12(7-9-23)20-11-4-2-1-3-5-11/h1-5,10,12,20H,6-9H2,(H,18,19,21,22). The van der Waals surface area contributed by atoms with E-state index in [1.165, 1.54) is 5.69 Å². The van der Waals surface area contributed by atoms with Crippen molar-refractivity contribution in [2.24, 2.45) is 0 Å².